The number of unbranched alkanes of at least 4 members (excludes halogenated alkanes) is 1. The van der Waals surface area contributed by atoms with Crippen molar-refractivity contribution in [3.63, 3.8) is 0 Å². The third kappa shape index (κ3) is 3.98. The maximum absolute atomic E-state index is 13.5. The van der Waals surface area contributed by atoms with E-state index in [2.05, 4.69) is 6.92 Å². The molecule has 0 radical (unpaired) electrons. The lowest BCUT2D eigenvalue weighted by atomic mass is 10.0. The maximum Gasteiger partial charge on any atom is 0.146 e. The van der Waals surface area contributed by atoms with E-state index in [4.69, 9.17) is 17.3 Å². The van der Waals surface area contributed by atoms with Crippen molar-refractivity contribution in [2.24, 2.45) is 5.73 Å². The summed E-state index contributed by atoms with van der Waals surface area (Å²) in [5, 5.41) is 0.148. The highest BCUT2D eigenvalue weighted by molar-refractivity contribution is 6.30. The molecule has 0 saturated carbocycles. The van der Waals surface area contributed by atoms with Gasteiger partial charge in [0.25, 0.3) is 0 Å². The quantitative estimate of drug-likeness (QED) is 0.858. The molecule has 86 valence electrons. The van der Waals surface area contributed by atoms with Gasteiger partial charge >= 0.3 is 0 Å². The first kappa shape index (κ1) is 14.7. The summed E-state index contributed by atoms with van der Waals surface area (Å²) in [6, 6.07) is 4.72. The monoisotopic (exact) mass is 251 g/mol. The predicted molar refractivity (Wildman–Crippen MR) is 65.1 cm³/mol. The summed E-state index contributed by atoms with van der Waals surface area (Å²) in [6.07, 6.45) is 2.87. The molecule has 1 aromatic rings. The SMILES string of the molecule is CCCC[C@H](N)c1cccc(Cl)c1F.Cl. The second kappa shape index (κ2) is 7.04. The van der Waals surface area contributed by atoms with Crippen molar-refractivity contribution in [1.82, 2.24) is 0 Å². The van der Waals surface area contributed by atoms with Crippen LogP contribution in [0, 0.1) is 5.82 Å². The highest BCUT2D eigenvalue weighted by atomic mass is 35.5. The molecular formula is C11H16Cl2FN. The Morgan fingerprint density at radius 1 is 1.47 bits per heavy atom. The van der Waals surface area contributed by atoms with Crippen LogP contribution in [0.25, 0.3) is 0 Å². The molecule has 0 aliphatic rings. The van der Waals surface area contributed by atoms with Crippen LogP contribution in [0.4, 0.5) is 4.39 Å². The first-order valence-corrected chi connectivity index (χ1v) is 5.24. The molecule has 0 heterocycles. The van der Waals surface area contributed by atoms with Gasteiger partial charge in [-0.05, 0) is 12.5 Å². The van der Waals surface area contributed by atoms with Crippen LogP contribution in [0.15, 0.2) is 18.2 Å². The fourth-order valence-electron chi connectivity index (χ4n) is 1.39. The summed E-state index contributed by atoms with van der Waals surface area (Å²) in [6.45, 7) is 2.08. The van der Waals surface area contributed by atoms with Crippen LogP contribution in [-0.4, -0.2) is 0 Å². The minimum Gasteiger partial charge on any atom is -0.324 e. The van der Waals surface area contributed by atoms with Gasteiger partial charge < -0.3 is 5.73 Å². The van der Waals surface area contributed by atoms with E-state index in [-0.39, 0.29) is 29.3 Å². The smallest absolute Gasteiger partial charge is 0.146 e. The first-order chi connectivity index (χ1) is 6.66. The molecule has 1 nitrogen and oxygen atoms in total. The van der Waals surface area contributed by atoms with E-state index >= 15 is 0 Å². The van der Waals surface area contributed by atoms with Gasteiger partial charge in [0.2, 0.25) is 0 Å². The fourth-order valence-corrected chi connectivity index (χ4v) is 1.57. The van der Waals surface area contributed by atoms with Crippen LogP contribution in [0.5, 0.6) is 0 Å². The van der Waals surface area contributed by atoms with Crippen LogP contribution < -0.4 is 5.73 Å². The van der Waals surface area contributed by atoms with Crippen molar-refractivity contribution in [3.8, 4) is 0 Å². The van der Waals surface area contributed by atoms with E-state index < -0.39 is 0 Å². The van der Waals surface area contributed by atoms with Gasteiger partial charge in [-0.25, -0.2) is 4.39 Å². The Labute approximate surface area is 101 Å². The molecule has 0 amide bonds. The van der Waals surface area contributed by atoms with Gasteiger partial charge in [0, 0.05) is 11.6 Å². The van der Waals surface area contributed by atoms with E-state index in [0.717, 1.165) is 19.3 Å². The average Bonchev–Trinajstić information content (AvgIpc) is 2.18. The first-order valence-electron chi connectivity index (χ1n) is 4.86. The molecule has 0 saturated heterocycles. The zero-order chi connectivity index (χ0) is 10.6. The summed E-state index contributed by atoms with van der Waals surface area (Å²) >= 11 is 5.66. The Kier molecular flexibility index (Phi) is 6.90. The predicted octanol–water partition coefficient (Wildman–Crippen LogP) is 4.09. The van der Waals surface area contributed by atoms with Gasteiger partial charge in [0.1, 0.15) is 5.82 Å². The average molecular weight is 252 g/mol. The lowest BCUT2D eigenvalue weighted by molar-refractivity contribution is 0.548. The lowest BCUT2D eigenvalue weighted by Crippen LogP contribution is -2.12. The van der Waals surface area contributed by atoms with E-state index in [1.165, 1.54) is 6.07 Å². The Balaban J connectivity index is 0.00000196. The standard InChI is InChI=1S/C11H15ClFN.ClH/c1-2-3-7-10(14)8-5-4-6-9(12)11(8)13;/h4-6,10H,2-3,7,14H2,1H3;1H/t10-;/m0./s1. The Morgan fingerprint density at radius 2 is 2.13 bits per heavy atom. The molecule has 0 unspecified atom stereocenters. The number of hydrogen-bond donors (Lipinski definition) is 1. The molecule has 0 spiro atoms. The van der Waals surface area contributed by atoms with Gasteiger partial charge in [0.15, 0.2) is 0 Å². The number of benzene rings is 1. The number of nitrogens with two attached hydrogens (primary N) is 1. The topological polar surface area (TPSA) is 26.0 Å². The highest BCUT2D eigenvalue weighted by Crippen LogP contribution is 2.24. The normalized spacial score (nSPS) is 12.0. The third-order valence-corrected chi connectivity index (χ3v) is 2.54. The lowest BCUT2D eigenvalue weighted by Gasteiger charge is -2.12. The van der Waals surface area contributed by atoms with Crippen molar-refractivity contribution >= 4 is 24.0 Å². The Morgan fingerprint density at radius 3 is 2.73 bits per heavy atom. The molecule has 0 fully saturated rings. The van der Waals surface area contributed by atoms with E-state index in [0.29, 0.717) is 5.56 Å². The van der Waals surface area contributed by atoms with E-state index in [1.807, 2.05) is 0 Å². The zero-order valence-electron chi connectivity index (χ0n) is 8.67. The molecular weight excluding hydrogens is 236 g/mol. The van der Waals surface area contributed by atoms with Crippen molar-refractivity contribution in [2.75, 3.05) is 0 Å². The minimum absolute atomic E-state index is 0. The van der Waals surface area contributed by atoms with Gasteiger partial charge in [-0.15, -0.1) is 12.4 Å². The second-order valence-corrected chi connectivity index (χ2v) is 3.80. The summed E-state index contributed by atoms with van der Waals surface area (Å²) in [4.78, 5) is 0. The van der Waals surface area contributed by atoms with Crippen LogP contribution in [-0.2, 0) is 0 Å². The Hall–Kier alpha value is -0.310. The molecule has 4 heteroatoms. The summed E-state index contributed by atoms with van der Waals surface area (Å²) in [5.74, 6) is -0.377. The van der Waals surface area contributed by atoms with Crippen molar-refractivity contribution < 1.29 is 4.39 Å². The van der Waals surface area contributed by atoms with Gasteiger partial charge in [0.05, 0.1) is 5.02 Å². The minimum atomic E-state index is -0.377. The third-order valence-electron chi connectivity index (χ3n) is 2.25. The van der Waals surface area contributed by atoms with Crippen molar-refractivity contribution in [1.29, 1.82) is 0 Å². The largest absolute Gasteiger partial charge is 0.324 e. The molecule has 0 aliphatic carbocycles. The van der Waals surface area contributed by atoms with E-state index in [9.17, 15) is 4.39 Å². The van der Waals surface area contributed by atoms with Crippen LogP contribution in [0.1, 0.15) is 37.8 Å². The molecule has 1 atom stereocenters. The van der Waals surface area contributed by atoms with Gasteiger partial charge in [-0.3, -0.25) is 0 Å². The zero-order valence-corrected chi connectivity index (χ0v) is 10.2. The van der Waals surface area contributed by atoms with Crippen LogP contribution in [0.3, 0.4) is 0 Å². The van der Waals surface area contributed by atoms with Crippen molar-refractivity contribution in [3.05, 3.63) is 34.6 Å². The second-order valence-electron chi connectivity index (χ2n) is 3.39. The van der Waals surface area contributed by atoms with Crippen LogP contribution >= 0.6 is 24.0 Å². The molecule has 0 aliphatic heterocycles. The molecule has 1 rings (SSSR count). The summed E-state index contributed by atoms with van der Waals surface area (Å²) in [5.41, 5.74) is 6.37. The summed E-state index contributed by atoms with van der Waals surface area (Å²) < 4.78 is 13.5. The number of rotatable bonds is 4. The molecule has 0 aromatic heterocycles. The molecule has 2 N–H and O–H groups in total. The summed E-state index contributed by atoms with van der Waals surface area (Å²) in [7, 11) is 0. The molecule has 15 heavy (non-hydrogen) atoms. The van der Waals surface area contributed by atoms with Gasteiger partial charge in [-0.1, -0.05) is 43.5 Å². The van der Waals surface area contributed by atoms with Crippen molar-refractivity contribution in [2.45, 2.75) is 32.2 Å². The maximum atomic E-state index is 13.5. The van der Waals surface area contributed by atoms with Gasteiger partial charge in [-0.2, -0.15) is 0 Å². The molecule has 0 bridgehead atoms. The van der Waals surface area contributed by atoms with E-state index in [1.54, 1.807) is 12.1 Å². The highest BCUT2D eigenvalue weighted by Gasteiger charge is 2.12. The number of halogens is 3. The number of hydrogen-bond acceptors (Lipinski definition) is 1. The Bertz CT molecular complexity index is 305. The van der Waals surface area contributed by atoms with Crippen LogP contribution in [0.2, 0.25) is 5.02 Å². The molecule has 1 aromatic carbocycles. The fraction of sp³-hybridized carbons (Fsp3) is 0.455.